The molecule has 3 rings (SSSR count). The molecule has 1 aromatic carbocycles. The van der Waals surface area contributed by atoms with Gasteiger partial charge in [0.2, 0.25) is 0 Å². The number of carbonyl (C=O) groups is 1. The van der Waals surface area contributed by atoms with Crippen LogP contribution in [0.5, 0.6) is 0 Å². The number of hydrogen-bond donors (Lipinski definition) is 1. The normalized spacial score (nSPS) is 9.80. The number of nitriles is 1. The standard InChI is InChI=1S/C18H14N4O2.ClH/c1-11-7-8-13-16(22-15-6-4-3-5-12(15)9-19)14(18(23)24-2)10-20-17(13)21-11;/h3-8,10H,1-2H3,(H,20,21,22);1H. The first kappa shape index (κ1) is 18.2. The molecule has 0 bridgehead atoms. The van der Waals surface area contributed by atoms with E-state index < -0.39 is 5.97 Å². The van der Waals surface area contributed by atoms with E-state index in [9.17, 15) is 10.1 Å². The van der Waals surface area contributed by atoms with Gasteiger partial charge in [0, 0.05) is 17.3 Å². The third-order valence-corrected chi connectivity index (χ3v) is 3.58. The van der Waals surface area contributed by atoms with Crippen LogP contribution >= 0.6 is 12.4 Å². The number of ether oxygens (including phenoxy) is 1. The van der Waals surface area contributed by atoms with Gasteiger partial charge in [-0.1, -0.05) is 12.1 Å². The van der Waals surface area contributed by atoms with Crippen molar-refractivity contribution in [3.63, 3.8) is 0 Å². The predicted molar refractivity (Wildman–Crippen MR) is 97.3 cm³/mol. The summed E-state index contributed by atoms with van der Waals surface area (Å²) in [6.07, 6.45) is 1.43. The average molecular weight is 355 g/mol. The van der Waals surface area contributed by atoms with Gasteiger partial charge in [-0.05, 0) is 31.2 Å². The van der Waals surface area contributed by atoms with Gasteiger partial charge in [-0.15, -0.1) is 12.4 Å². The summed E-state index contributed by atoms with van der Waals surface area (Å²) in [5.41, 5.74) is 3.20. The van der Waals surface area contributed by atoms with Crippen molar-refractivity contribution in [2.45, 2.75) is 6.92 Å². The highest BCUT2D eigenvalue weighted by molar-refractivity contribution is 6.05. The molecule has 0 aliphatic carbocycles. The smallest absolute Gasteiger partial charge is 0.341 e. The third-order valence-electron chi connectivity index (χ3n) is 3.58. The number of anilines is 2. The molecule has 2 aromatic heterocycles. The number of aryl methyl sites for hydroxylation is 1. The predicted octanol–water partition coefficient (Wildman–Crippen LogP) is 3.76. The SMILES string of the molecule is COC(=O)c1cnc2nc(C)ccc2c1Nc1ccccc1C#N.Cl. The lowest BCUT2D eigenvalue weighted by Gasteiger charge is -2.14. The largest absolute Gasteiger partial charge is 0.465 e. The van der Waals surface area contributed by atoms with Crippen LogP contribution in [0, 0.1) is 18.3 Å². The van der Waals surface area contributed by atoms with Gasteiger partial charge in [0.15, 0.2) is 5.65 Å². The Morgan fingerprint density at radius 1 is 1.24 bits per heavy atom. The maximum absolute atomic E-state index is 12.1. The fraction of sp³-hybridized carbons (Fsp3) is 0.111. The molecule has 0 fully saturated rings. The molecule has 0 unspecified atom stereocenters. The number of aromatic nitrogens is 2. The molecule has 0 spiro atoms. The number of nitrogens with one attached hydrogen (secondary N) is 1. The van der Waals surface area contributed by atoms with Crippen molar-refractivity contribution >= 4 is 40.8 Å². The van der Waals surface area contributed by atoms with E-state index in [1.165, 1.54) is 13.3 Å². The van der Waals surface area contributed by atoms with Crippen molar-refractivity contribution in [3.8, 4) is 6.07 Å². The van der Waals surface area contributed by atoms with Crippen LogP contribution in [0.2, 0.25) is 0 Å². The van der Waals surface area contributed by atoms with Crippen molar-refractivity contribution in [2.75, 3.05) is 12.4 Å². The molecule has 2 heterocycles. The molecule has 126 valence electrons. The fourth-order valence-corrected chi connectivity index (χ4v) is 2.40. The molecule has 3 aromatic rings. The summed E-state index contributed by atoms with van der Waals surface area (Å²) in [6, 6.07) is 12.9. The molecule has 25 heavy (non-hydrogen) atoms. The first-order valence-corrected chi connectivity index (χ1v) is 7.25. The summed E-state index contributed by atoms with van der Waals surface area (Å²) in [6.45, 7) is 1.87. The Morgan fingerprint density at radius 3 is 2.72 bits per heavy atom. The molecule has 1 N–H and O–H groups in total. The summed E-state index contributed by atoms with van der Waals surface area (Å²) in [4.78, 5) is 20.7. The van der Waals surface area contributed by atoms with Crippen molar-refractivity contribution in [1.29, 1.82) is 5.26 Å². The van der Waals surface area contributed by atoms with Crippen molar-refractivity contribution in [1.82, 2.24) is 9.97 Å². The molecule has 0 atom stereocenters. The lowest BCUT2D eigenvalue weighted by molar-refractivity contribution is 0.0601. The second-order valence-corrected chi connectivity index (χ2v) is 5.14. The zero-order valence-electron chi connectivity index (χ0n) is 13.6. The number of para-hydroxylation sites is 1. The Kier molecular flexibility index (Phi) is 5.52. The van der Waals surface area contributed by atoms with Gasteiger partial charge >= 0.3 is 5.97 Å². The molecular formula is C18H15ClN4O2. The van der Waals surface area contributed by atoms with E-state index in [1.807, 2.05) is 25.1 Å². The fourth-order valence-electron chi connectivity index (χ4n) is 2.40. The Hall–Kier alpha value is -3.17. The second-order valence-electron chi connectivity index (χ2n) is 5.14. The van der Waals surface area contributed by atoms with Gasteiger partial charge < -0.3 is 10.1 Å². The molecule has 0 aliphatic heterocycles. The van der Waals surface area contributed by atoms with E-state index in [2.05, 4.69) is 21.4 Å². The van der Waals surface area contributed by atoms with Crippen molar-refractivity contribution in [2.24, 2.45) is 0 Å². The Morgan fingerprint density at radius 2 is 2.00 bits per heavy atom. The first-order chi connectivity index (χ1) is 11.6. The van der Waals surface area contributed by atoms with Crippen LogP contribution in [0.25, 0.3) is 11.0 Å². The van der Waals surface area contributed by atoms with Crippen LogP contribution in [-0.4, -0.2) is 23.0 Å². The van der Waals surface area contributed by atoms with E-state index in [-0.39, 0.29) is 18.0 Å². The highest BCUT2D eigenvalue weighted by Crippen LogP contribution is 2.30. The molecule has 0 radical (unpaired) electrons. The van der Waals surface area contributed by atoms with Gasteiger partial charge in [0.05, 0.1) is 24.0 Å². The van der Waals surface area contributed by atoms with Crippen molar-refractivity contribution in [3.05, 3.63) is 59.4 Å². The molecular weight excluding hydrogens is 340 g/mol. The molecule has 0 saturated carbocycles. The summed E-state index contributed by atoms with van der Waals surface area (Å²) in [5, 5.41) is 13.1. The quantitative estimate of drug-likeness (QED) is 0.720. The van der Waals surface area contributed by atoms with Crippen LogP contribution in [-0.2, 0) is 4.74 Å². The Labute approximate surface area is 150 Å². The minimum atomic E-state index is -0.512. The number of halogens is 1. The number of rotatable bonds is 3. The number of hydrogen-bond acceptors (Lipinski definition) is 6. The third kappa shape index (κ3) is 3.52. The van der Waals surface area contributed by atoms with E-state index in [0.717, 1.165) is 5.69 Å². The Bertz CT molecular complexity index is 982. The molecule has 6 nitrogen and oxygen atoms in total. The van der Waals surface area contributed by atoms with Gasteiger partial charge in [0.1, 0.15) is 11.6 Å². The van der Waals surface area contributed by atoms with Gasteiger partial charge in [-0.25, -0.2) is 14.8 Å². The summed E-state index contributed by atoms with van der Waals surface area (Å²) >= 11 is 0. The zero-order chi connectivity index (χ0) is 17.1. The van der Waals surface area contributed by atoms with Crippen LogP contribution in [0.15, 0.2) is 42.6 Å². The highest BCUT2D eigenvalue weighted by atomic mass is 35.5. The van der Waals surface area contributed by atoms with Crippen LogP contribution in [0.1, 0.15) is 21.6 Å². The first-order valence-electron chi connectivity index (χ1n) is 7.25. The number of carbonyl (C=O) groups excluding carboxylic acids is 1. The Balaban J connectivity index is 0.00000225. The number of methoxy groups -OCH3 is 1. The number of pyridine rings is 2. The van der Waals surface area contributed by atoms with Crippen LogP contribution in [0.3, 0.4) is 0 Å². The molecule has 0 aliphatic rings. The molecule has 7 heteroatoms. The average Bonchev–Trinajstić information content (AvgIpc) is 2.61. The molecule has 0 saturated heterocycles. The number of benzene rings is 1. The second kappa shape index (κ2) is 7.60. The maximum Gasteiger partial charge on any atom is 0.341 e. The van der Waals surface area contributed by atoms with Gasteiger partial charge in [-0.2, -0.15) is 5.26 Å². The summed E-state index contributed by atoms with van der Waals surface area (Å²) in [5.74, 6) is -0.512. The topological polar surface area (TPSA) is 87.9 Å². The summed E-state index contributed by atoms with van der Waals surface area (Å²) < 4.78 is 4.84. The maximum atomic E-state index is 12.1. The van der Waals surface area contributed by atoms with E-state index in [4.69, 9.17) is 4.74 Å². The van der Waals surface area contributed by atoms with E-state index in [0.29, 0.717) is 28.0 Å². The monoisotopic (exact) mass is 354 g/mol. The van der Waals surface area contributed by atoms with E-state index >= 15 is 0 Å². The summed E-state index contributed by atoms with van der Waals surface area (Å²) in [7, 11) is 1.31. The van der Waals surface area contributed by atoms with Gasteiger partial charge in [0.25, 0.3) is 0 Å². The number of fused-ring (bicyclic) bond motifs is 1. The van der Waals surface area contributed by atoms with Crippen molar-refractivity contribution < 1.29 is 9.53 Å². The minimum absolute atomic E-state index is 0. The number of nitrogens with zero attached hydrogens (tertiary/aromatic N) is 3. The zero-order valence-corrected chi connectivity index (χ0v) is 14.4. The lowest BCUT2D eigenvalue weighted by Crippen LogP contribution is -2.08. The van der Waals surface area contributed by atoms with Crippen LogP contribution in [0.4, 0.5) is 11.4 Å². The lowest BCUT2D eigenvalue weighted by atomic mass is 10.1. The number of esters is 1. The molecule has 0 amide bonds. The van der Waals surface area contributed by atoms with E-state index in [1.54, 1.807) is 18.2 Å². The van der Waals surface area contributed by atoms with Crippen LogP contribution < -0.4 is 5.32 Å². The highest BCUT2D eigenvalue weighted by Gasteiger charge is 2.17. The minimum Gasteiger partial charge on any atom is -0.465 e. The van der Waals surface area contributed by atoms with Gasteiger partial charge in [-0.3, -0.25) is 0 Å².